The van der Waals surface area contributed by atoms with Crippen LogP contribution in [0.3, 0.4) is 0 Å². The van der Waals surface area contributed by atoms with Gasteiger partial charge in [-0.15, -0.1) is 11.3 Å². The molecule has 0 fully saturated rings. The molecule has 1 N–H and O–H groups in total. The Hall–Kier alpha value is -1.72. The van der Waals surface area contributed by atoms with E-state index in [1.54, 1.807) is 5.38 Å². The highest BCUT2D eigenvalue weighted by atomic mass is 32.1. The Kier molecular flexibility index (Phi) is 5.08. The molecule has 2 aromatic rings. The molecule has 3 rings (SSSR count). The number of aromatic carboxylic acids is 1. The largest absolute Gasteiger partial charge is 0.476 e. The number of thiazole rings is 1. The van der Waals surface area contributed by atoms with Gasteiger partial charge in [0.2, 0.25) is 0 Å². The summed E-state index contributed by atoms with van der Waals surface area (Å²) < 4.78 is 0. The summed E-state index contributed by atoms with van der Waals surface area (Å²) in [6.45, 7) is 3.96. The SMILES string of the molecule is CCCN(Cc1nc(C(=O)O)cs1)C1CCc2ccccc2C1. The second-order valence-electron chi connectivity index (χ2n) is 6.07. The van der Waals surface area contributed by atoms with Crippen LogP contribution in [0.2, 0.25) is 0 Å². The highest BCUT2D eigenvalue weighted by Crippen LogP contribution is 2.26. The lowest BCUT2D eigenvalue weighted by molar-refractivity contribution is 0.0691. The normalized spacial score (nSPS) is 17.2. The van der Waals surface area contributed by atoms with Crippen molar-refractivity contribution in [1.82, 2.24) is 9.88 Å². The van der Waals surface area contributed by atoms with E-state index >= 15 is 0 Å². The zero-order chi connectivity index (χ0) is 16.2. The van der Waals surface area contributed by atoms with Crippen LogP contribution < -0.4 is 0 Å². The average molecular weight is 330 g/mol. The Balaban J connectivity index is 1.72. The third-order valence-electron chi connectivity index (χ3n) is 4.46. The van der Waals surface area contributed by atoms with E-state index in [1.165, 1.54) is 22.5 Å². The fourth-order valence-electron chi connectivity index (χ4n) is 3.32. The second-order valence-corrected chi connectivity index (χ2v) is 7.01. The number of fused-ring (bicyclic) bond motifs is 1. The number of nitrogens with zero attached hydrogens (tertiary/aromatic N) is 2. The fourth-order valence-corrected chi connectivity index (χ4v) is 4.12. The fraction of sp³-hybridized carbons (Fsp3) is 0.444. The molecule has 0 saturated heterocycles. The lowest BCUT2D eigenvalue weighted by Crippen LogP contribution is -2.39. The first kappa shape index (κ1) is 16.1. The van der Waals surface area contributed by atoms with Crippen LogP contribution in [0.5, 0.6) is 0 Å². The summed E-state index contributed by atoms with van der Waals surface area (Å²) in [7, 11) is 0. The van der Waals surface area contributed by atoms with Gasteiger partial charge in [0.1, 0.15) is 5.01 Å². The van der Waals surface area contributed by atoms with Gasteiger partial charge in [-0.2, -0.15) is 0 Å². The maximum Gasteiger partial charge on any atom is 0.355 e. The predicted molar refractivity (Wildman–Crippen MR) is 92.0 cm³/mol. The number of aryl methyl sites for hydroxylation is 1. The number of hydrogen-bond donors (Lipinski definition) is 1. The molecule has 0 aliphatic heterocycles. The minimum absolute atomic E-state index is 0.162. The molecule has 0 bridgehead atoms. The summed E-state index contributed by atoms with van der Waals surface area (Å²) in [4.78, 5) is 17.7. The van der Waals surface area contributed by atoms with Gasteiger partial charge >= 0.3 is 5.97 Å². The van der Waals surface area contributed by atoms with E-state index in [2.05, 4.69) is 41.1 Å². The standard InChI is InChI=1S/C18H22N2O2S/c1-2-9-20(11-17-19-16(12-23-17)18(21)22)15-8-7-13-5-3-4-6-14(13)10-15/h3-6,12,15H,2,7-11H2,1H3,(H,21,22). The van der Waals surface area contributed by atoms with Crippen LogP contribution in [0, 0.1) is 0 Å². The van der Waals surface area contributed by atoms with Crippen LogP contribution in [0.25, 0.3) is 0 Å². The van der Waals surface area contributed by atoms with Crippen LogP contribution in [0.4, 0.5) is 0 Å². The van der Waals surface area contributed by atoms with Crippen molar-refractivity contribution < 1.29 is 9.90 Å². The Bertz CT molecular complexity index is 683. The lowest BCUT2D eigenvalue weighted by Gasteiger charge is -2.34. The third-order valence-corrected chi connectivity index (χ3v) is 5.29. The summed E-state index contributed by atoms with van der Waals surface area (Å²) in [5.74, 6) is -0.943. The van der Waals surface area contributed by atoms with Crippen molar-refractivity contribution in [2.75, 3.05) is 6.54 Å². The van der Waals surface area contributed by atoms with E-state index in [1.807, 2.05) is 0 Å². The molecule has 1 aromatic carbocycles. The number of rotatable bonds is 6. The molecule has 1 unspecified atom stereocenters. The monoisotopic (exact) mass is 330 g/mol. The first-order valence-corrected chi connectivity index (χ1v) is 9.04. The molecule has 4 nitrogen and oxygen atoms in total. The molecule has 1 aliphatic rings. The molecular weight excluding hydrogens is 308 g/mol. The Morgan fingerprint density at radius 2 is 2.17 bits per heavy atom. The average Bonchev–Trinajstić information content (AvgIpc) is 3.03. The van der Waals surface area contributed by atoms with Gasteiger partial charge in [-0.1, -0.05) is 31.2 Å². The molecule has 0 radical (unpaired) electrons. The number of hydrogen-bond acceptors (Lipinski definition) is 4. The van der Waals surface area contributed by atoms with Crippen molar-refractivity contribution in [3.63, 3.8) is 0 Å². The molecule has 23 heavy (non-hydrogen) atoms. The summed E-state index contributed by atoms with van der Waals surface area (Å²) in [6, 6.07) is 9.21. The van der Waals surface area contributed by atoms with Crippen LogP contribution in [-0.4, -0.2) is 33.5 Å². The van der Waals surface area contributed by atoms with Gasteiger partial charge in [-0.05, 0) is 43.4 Å². The molecule has 122 valence electrons. The van der Waals surface area contributed by atoms with E-state index in [9.17, 15) is 4.79 Å². The minimum atomic E-state index is -0.943. The lowest BCUT2D eigenvalue weighted by atomic mass is 9.87. The van der Waals surface area contributed by atoms with Gasteiger partial charge in [0.25, 0.3) is 0 Å². The van der Waals surface area contributed by atoms with Gasteiger partial charge < -0.3 is 5.11 Å². The van der Waals surface area contributed by atoms with Gasteiger partial charge in [0.05, 0.1) is 6.54 Å². The Labute approximate surface area is 140 Å². The van der Waals surface area contributed by atoms with E-state index in [0.717, 1.165) is 43.8 Å². The number of carboxylic acid groups (broad SMARTS) is 1. The molecule has 0 amide bonds. The highest BCUT2D eigenvalue weighted by Gasteiger charge is 2.24. The first-order chi connectivity index (χ1) is 11.2. The van der Waals surface area contributed by atoms with E-state index in [4.69, 9.17) is 5.11 Å². The first-order valence-electron chi connectivity index (χ1n) is 8.16. The third kappa shape index (κ3) is 3.79. The molecule has 0 saturated carbocycles. The zero-order valence-electron chi connectivity index (χ0n) is 13.4. The summed E-state index contributed by atoms with van der Waals surface area (Å²) >= 11 is 1.45. The van der Waals surface area contributed by atoms with Crippen molar-refractivity contribution in [2.45, 2.75) is 45.2 Å². The van der Waals surface area contributed by atoms with Gasteiger partial charge in [-0.3, -0.25) is 4.90 Å². The number of carbonyl (C=O) groups is 1. The summed E-state index contributed by atoms with van der Waals surface area (Å²) in [5.41, 5.74) is 3.09. The predicted octanol–water partition coefficient (Wildman–Crippen LogP) is 3.61. The molecule has 1 aromatic heterocycles. The molecule has 1 heterocycles. The van der Waals surface area contributed by atoms with Crippen LogP contribution in [0.1, 0.15) is 46.4 Å². The van der Waals surface area contributed by atoms with E-state index in [0.29, 0.717) is 6.04 Å². The van der Waals surface area contributed by atoms with Crippen molar-refractivity contribution in [3.8, 4) is 0 Å². The van der Waals surface area contributed by atoms with Gasteiger partial charge in [0, 0.05) is 11.4 Å². The Morgan fingerprint density at radius 3 is 2.87 bits per heavy atom. The molecule has 1 atom stereocenters. The topological polar surface area (TPSA) is 53.4 Å². The highest BCUT2D eigenvalue weighted by molar-refractivity contribution is 7.09. The zero-order valence-corrected chi connectivity index (χ0v) is 14.2. The second kappa shape index (κ2) is 7.23. The van der Waals surface area contributed by atoms with E-state index < -0.39 is 5.97 Å². The molecular formula is C18H22N2O2S. The minimum Gasteiger partial charge on any atom is -0.476 e. The van der Waals surface area contributed by atoms with Crippen LogP contribution in [0.15, 0.2) is 29.6 Å². The van der Waals surface area contributed by atoms with Crippen LogP contribution >= 0.6 is 11.3 Å². The quantitative estimate of drug-likeness (QED) is 0.879. The summed E-state index contributed by atoms with van der Waals surface area (Å²) in [5, 5.41) is 11.6. The smallest absolute Gasteiger partial charge is 0.355 e. The molecule has 0 spiro atoms. The number of carboxylic acids is 1. The number of aromatic nitrogens is 1. The number of benzene rings is 1. The van der Waals surface area contributed by atoms with Gasteiger partial charge in [-0.25, -0.2) is 9.78 Å². The molecule has 5 heteroatoms. The van der Waals surface area contributed by atoms with Crippen LogP contribution in [-0.2, 0) is 19.4 Å². The maximum absolute atomic E-state index is 11.0. The summed E-state index contributed by atoms with van der Waals surface area (Å²) in [6.07, 6.45) is 4.45. The van der Waals surface area contributed by atoms with E-state index in [-0.39, 0.29) is 5.69 Å². The van der Waals surface area contributed by atoms with Crippen molar-refractivity contribution in [3.05, 3.63) is 51.5 Å². The van der Waals surface area contributed by atoms with Crippen molar-refractivity contribution in [2.24, 2.45) is 0 Å². The molecule has 1 aliphatic carbocycles. The van der Waals surface area contributed by atoms with Crippen molar-refractivity contribution in [1.29, 1.82) is 0 Å². The maximum atomic E-state index is 11.0. The Morgan fingerprint density at radius 1 is 1.39 bits per heavy atom. The van der Waals surface area contributed by atoms with Crippen molar-refractivity contribution >= 4 is 17.3 Å². The van der Waals surface area contributed by atoms with Gasteiger partial charge in [0.15, 0.2) is 5.69 Å².